The van der Waals surface area contributed by atoms with Gasteiger partial charge in [0.1, 0.15) is 11.8 Å². The van der Waals surface area contributed by atoms with Crippen molar-refractivity contribution in [3.8, 4) is 11.8 Å². The first-order valence-electron chi connectivity index (χ1n) is 9.34. The van der Waals surface area contributed by atoms with E-state index in [0.717, 1.165) is 23.6 Å². The van der Waals surface area contributed by atoms with Crippen LogP contribution in [-0.4, -0.2) is 6.08 Å². The molecular weight excluding hydrogens is 306 g/mol. The fourth-order valence-corrected chi connectivity index (χ4v) is 3.69. The highest BCUT2D eigenvalue weighted by Gasteiger charge is 2.24. The number of nitriles is 1. The molecule has 0 N–H and O–H groups in total. The Hall–Kier alpha value is -2.79. The second-order valence-electron chi connectivity index (χ2n) is 6.60. The van der Waals surface area contributed by atoms with Gasteiger partial charge in [-0.1, -0.05) is 60.7 Å². The van der Waals surface area contributed by atoms with Crippen molar-refractivity contribution in [1.29, 1.82) is 5.26 Å². The minimum absolute atomic E-state index is 0.487. The monoisotopic (exact) mass is 328 g/mol. The summed E-state index contributed by atoms with van der Waals surface area (Å²) in [5.74, 6) is 1.04. The van der Waals surface area contributed by atoms with Crippen LogP contribution >= 0.6 is 0 Å². The molecule has 0 radical (unpaired) electrons. The van der Waals surface area contributed by atoms with E-state index in [1.807, 2.05) is 36.4 Å². The van der Waals surface area contributed by atoms with Gasteiger partial charge in [0.15, 0.2) is 0 Å². The first-order valence-corrected chi connectivity index (χ1v) is 8.84. The molecule has 3 aromatic carbocycles. The highest BCUT2D eigenvalue weighted by molar-refractivity contribution is 5.90. The van der Waals surface area contributed by atoms with E-state index in [4.69, 9.17) is 6.11 Å². The maximum atomic E-state index is 9.49. The molecule has 1 aliphatic carbocycles. The summed E-state index contributed by atoms with van der Waals surface area (Å²) < 4.78 is 15.0. The van der Waals surface area contributed by atoms with Gasteiger partial charge in [-0.15, -0.1) is 0 Å². The molecule has 0 bridgehead atoms. The molecule has 0 heterocycles. The molecule has 2 heteroatoms. The number of benzene rings is 3. The molecular formula is C23H21NO. The van der Waals surface area contributed by atoms with Crippen LogP contribution in [0.15, 0.2) is 66.7 Å². The normalized spacial score (nSPS) is 23.6. The molecule has 4 rings (SSSR count). The molecule has 0 unspecified atom stereocenters. The van der Waals surface area contributed by atoms with E-state index in [1.165, 1.54) is 5.56 Å². The van der Waals surface area contributed by atoms with E-state index in [1.54, 1.807) is 6.07 Å². The zero-order valence-corrected chi connectivity index (χ0v) is 14.1. The van der Waals surface area contributed by atoms with E-state index in [9.17, 15) is 5.26 Å². The summed E-state index contributed by atoms with van der Waals surface area (Å²) >= 11 is 0. The lowest BCUT2D eigenvalue weighted by atomic mass is 9.83. The van der Waals surface area contributed by atoms with Crippen molar-refractivity contribution in [2.45, 2.75) is 37.7 Å². The first kappa shape index (κ1) is 14.5. The van der Waals surface area contributed by atoms with Gasteiger partial charge in [-0.2, -0.15) is 5.26 Å². The molecule has 124 valence electrons. The van der Waals surface area contributed by atoms with Gasteiger partial charge in [-0.05, 0) is 48.6 Å². The smallest absolute Gasteiger partial charge is 0.145 e. The quantitative estimate of drug-likeness (QED) is 0.607. The Labute approximate surface area is 150 Å². The first-order chi connectivity index (χ1) is 12.7. The lowest BCUT2D eigenvalue weighted by Crippen LogP contribution is -2.23. The van der Waals surface area contributed by atoms with Crippen LogP contribution in [-0.2, 0) is 0 Å². The van der Waals surface area contributed by atoms with Crippen molar-refractivity contribution in [3.05, 3.63) is 77.9 Å². The lowest BCUT2D eigenvalue weighted by Gasteiger charge is -2.30. The Bertz CT molecular complexity index is 953. The van der Waals surface area contributed by atoms with Gasteiger partial charge in [0.25, 0.3) is 0 Å². The zero-order valence-electron chi connectivity index (χ0n) is 15.1. The zero-order chi connectivity index (χ0) is 18.0. The van der Waals surface area contributed by atoms with E-state index >= 15 is 0 Å². The summed E-state index contributed by atoms with van der Waals surface area (Å²) in [7, 11) is 0. The molecule has 1 fully saturated rings. The molecule has 25 heavy (non-hydrogen) atoms. The fraction of sp³-hybridized carbons (Fsp3) is 0.261. The number of nitrogens with zero attached hydrogens (tertiary/aromatic N) is 1. The third-order valence-electron chi connectivity index (χ3n) is 5.06. The number of rotatable bonds is 3. The van der Waals surface area contributed by atoms with Crippen molar-refractivity contribution in [3.63, 3.8) is 0 Å². The predicted octanol–water partition coefficient (Wildman–Crippen LogP) is 5.82. The minimum atomic E-state index is -0.971. The Morgan fingerprint density at radius 3 is 2.36 bits per heavy atom. The van der Waals surface area contributed by atoms with Crippen LogP contribution in [0.25, 0.3) is 10.8 Å². The van der Waals surface area contributed by atoms with Gasteiger partial charge in [0.2, 0.25) is 0 Å². The van der Waals surface area contributed by atoms with Gasteiger partial charge in [-0.3, -0.25) is 0 Å². The second-order valence-corrected chi connectivity index (χ2v) is 6.60. The van der Waals surface area contributed by atoms with Crippen LogP contribution in [0.3, 0.4) is 0 Å². The van der Waals surface area contributed by atoms with Gasteiger partial charge < -0.3 is 4.74 Å². The summed E-state index contributed by atoms with van der Waals surface area (Å²) in [4.78, 5) is 0. The van der Waals surface area contributed by atoms with E-state index in [-0.39, 0.29) is 0 Å². The number of hydrogen-bond donors (Lipinski definition) is 0. The average molecular weight is 328 g/mol. The van der Waals surface area contributed by atoms with E-state index < -0.39 is 6.08 Å². The average Bonchev–Trinajstić information content (AvgIpc) is 2.69. The topological polar surface area (TPSA) is 33.0 Å². The standard InChI is InChI=1S/C23H21NO/c24-16-20-11-10-19-8-4-5-9-22(19)23(20)25-21-14-12-18(13-15-21)17-6-2-1-3-7-17/h1-11,18,21H,12-15H2/i21D. The maximum Gasteiger partial charge on any atom is 0.145 e. The number of hydrogen-bond acceptors (Lipinski definition) is 2. The lowest BCUT2D eigenvalue weighted by molar-refractivity contribution is 0.148. The number of ether oxygens (including phenoxy) is 1. The number of fused-ring (bicyclic) bond motifs is 1. The van der Waals surface area contributed by atoms with Gasteiger partial charge in [0.05, 0.1) is 13.0 Å². The molecule has 3 aromatic rings. The summed E-state index contributed by atoms with van der Waals surface area (Å²) in [6.45, 7) is 0. The maximum absolute atomic E-state index is 9.49. The SMILES string of the molecule is [2H]C1(Oc2c(C#N)ccc3ccccc23)CCC(c2ccccc2)CC1. The van der Waals surface area contributed by atoms with Crippen molar-refractivity contribution in [1.82, 2.24) is 0 Å². The summed E-state index contributed by atoms with van der Waals surface area (Å²) in [6.07, 6.45) is 2.22. The van der Waals surface area contributed by atoms with Crippen molar-refractivity contribution in [2.24, 2.45) is 0 Å². The van der Waals surface area contributed by atoms with Crippen molar-refractivity contribution >= 4 is 10.8 Å². The van der Waals surface area contributed by atoms with E-state index in [2.05, 4.69) is 30.3 Å². The minimum Gasteiger partial charge on any atom is -0.488 e. The van der Waals surface area contributed by atoms with Gasteiger partial charge in [0, 0.05) is 5.39 Å². The molecule has 1 saturated carbocycles. The largest absolute Gasteiger partial charge is 0.488 e. The Morgan fingerprint density at radius 1 is 0.880 bits per heavy atom. The van der Waals surface area contributed by atoms with Crippen LogP contribution in [0.4, 0.5) is 0 Å². The molecule has 0 atom stereocenters. The van der Waals surface area contributed by atoms with E-state index in [0.29, 0.717) is 30.1 Å². The van der Waals surface area contributed by atoms with Crippen LogP contribution in [0.1, 0.15) is 44.1 Å². The van der Waals surface area contributed by atoms with Crippen LogP contribution in [0, 0.1) is 11.3 Å². The predicted molar refractivity (Wildman–Crippen MR) is 101 cm³/mol. The molecule has 1 aliphatic rings. The molecule has 0 amide bonds. The molecule has 2 nitrogen and oxygen atoms in total. The summed E-state index contributed by atoms with van der Waals surface area (Å²) in [5.41, 5.74) is 1.85. The Balaban J connectivity index is 1.58. The summed E-state index contributed by atoms with van der Waals surface area (Å²) in [5, 5.41) is 11.4. The fourth-order valence-electron chi connectivity index (χ4n) is 3.69. The van der Waals surface area contributed by atoms with Crippen LogP contribution in [0.2, 0.25) is 0 Å². The molecule has 0 aromatic heterocycles. The van der Waals surface area contributed by atoms with Gasteiger partial charge >= 0.3 is 0 Å². The van der Waals surface area contributed by atoms with Gasteiger partial charge in [-0.25, -0.2) is 0 Å². The highest BCUT2D eigenvalue weighted by atomic mass is 16.5. The molecule has 0 spiro atoms. The molecule has 0 aliphatic heterocycles. The highest BCUT2D eigenvalue weighted by Crippen LogP contribution is 2.37. The van der Waals surface area contributed by atoms with Crippen LogP contribution in [0.5, 0.6) is 5.75 Å². The third kappa shape index (κ3) is 3.23. The molecule has 0 saturated heterocycles. The Morgan fingerprint density at radius 2 is 1.60 bits per heavy atom. The second kappa shape index (κ2) is 6.99. The van der Waals surface area contributed by atoms with Crippen LogP contribution < -0.4 is 4.74 Å². The third-order valence-corrected chi connectivity index (χ3v) is 5.06. The Kier molecular flexibility index (Phi) is 4.07. The van der Waals surface area contributed by atoms with Crippen molar-refractivity contribution < 1.29 is 6.11 Å². The van der Waals surface area contributed by atoms with Crippen molar-refractivity contribution in [2.75, 3.05) is 0 Å². The summed E-state index contributed by atoms with van der Waals surface area (Å²) in [6, 6.07) is 24.3.